The molecular formula is C21H23ClN4O3S. The standard InChI is InChI=1S/C21H23ClN4O3S/c1-14(2)26(19(27)10-5-11-23-20(28)17-9-6-12-30-17)13-18-24-25-21(29-18)15-7-3-4-8-16(15)22/h3-4,6-9,12,14H,5,10-11,13H2,1-2H3,(H,23,28). The van der Waals surface area contributed by atoms with Gasteiger partial charge >= 0.3 is 0 Å². The molecule has 9 heteroatoms. The van der Waals surface area contributed by atoms with Crippen molar-refractivity contribution in [2.45, 2.75) is 39.3 Å². The Hall–Kier alpha value is -2.71. The molecule has 1 aromatic carbocycles. The van der Waals surface area contributed by atoms with E-state index >= 15 is 0 Å². The maximum absolute atomic E-state index is 12.7. The smallest absolute Gasteiger partial charge is 0.261 e. The Kier molecular flexibility index (Phi) is 7.59. The SMILES string of the molecule is CC(C)N(Cc1nnc(-c2ccccc2Cl)o1)C(=O)CCCNC(=O)c1cccs1. The van der Waals surface area contributed by atoms with Crippen LogP contribution in [0.15, 0.2) is 46.2 Å². The average Bonchev–Trinajstić information content (AvgIpc) is 3.41. The summed E-state index contributed by atoms with van der Waals surface area (Å²) in [6, 6.07) is 10.8. The highest BCUT2D eigenvalue weighted by Crippen LogP contribution is 2.26. The van der Waals surface area contributed by atoms with Crippen LogP contribution >= 0.6 is 22.9 Å². The van der Waals surface area contributed by atoms with E-state index in [1.807, 2.05) is 37.4 Å². The van der Waals surface area contributed by atoms with E-state index in [2.05, 4.69) is 15.5 Å². The molecule has 0 aliphatic heterocycles. The van der Waals surface area contributed by atoms with Gasteiger partial charge in [0, 0.05) is 19.0 Å². The van der Waals surface area contributed by atoms with Crippen molar-refractivity contribution in [2.75, 3.05) is 6.54 Å². The zero-order valence-corrected chi connectivity index (χ0v) is 18.4. The van der Waals surface area contributed by atoms with E-state index in [0.717, 1.165) is 0 Å². The van der Waals surface area contributed by atoms with E-state index in [4.69, 9.17) is 16.0 Å². The minimum absolute atomic E-state index is 0.0335. The number of hydrogen-bond donors (Lipinski definition) is 1. The lowest BCUT2D eigenvalue weighted by Crippen LogP contribution is -2.37. The number of carbonyl (C=O) groups excluding carboxylic acids is 2. The molecular weight excluding hydrogens is 424 g/mol. The monoisotopic (exact) mass is 446 g/mol. The summed E-state index contributed by atoms with van der Waals surface area (Å²) >= 11 is 7.57. The second kappa shape index (κ2) is 10.4. The summed E-state index contributed by atoms with van der Waals surface area (Å²) in [5, 5.41) is 13.3. The normalized spacial score (nSPS) is 10.9. The lowest BCUT2D eigenvalue weighted by Gasteiger charge is -2.25. The minimum Gasteiger partial charge on any atom is -0.419 e. The minimum atomic E-state index is -0.115. The molecule has 0 spiro atoms. The molecule has 3 aromatic rings. The molecule has 158 valence electrons. The van der Waals surface area contributed by atoms with Crippen LogP contribution in [0.5, 0.6) is 0 Å². The predicted octanol–water partition coefficient (Wildman–Crippen LogP) is 4.40. The van der Waals surface area contributed by atoms with Crippen molar-refractivity contribution >= 4 is 34.8 Å². The zero-order chi connectivity index (χ0) is 21.5. The molecule has 0 bridgehead atoms. The first kappa shape index (κ1) is 22.0. The van der Waals surface area contributed by atoms with Crippen molar-refractivity contribution in [3.63, 3.8) is 0 Å². The number of thiophene rings is 1. The van der Waals surface area contributed by atoms with E-state index in [9.17, 15) is 9.59 Å². The predicted molar refractivity (Wildman–Crippen MR) is 116 cm³/mol. The molecule has 0 radical (unpaired) electrons. The number of carbonyl (C=O) groups is 2. The molecule has 30 heavy (non-hydrogen) atoms. The third-order valence-electron chi connectivity index (χ3n) is 4.42. The molecule has 2 amide bonds. The third kappa shape index (κ3) is 5.67. The fourth-order valence-corrected chi connectivity index (χ4v) is 3.70. The number of hydrogen-bond acceptors (Lipinski definition) is 6. The Morgan fingerprint density at radius 1 is 1.20 bits per heavy atom. The summed E-state index contributed by atoms with van der Waals surface area (Å²) in [5.74, 6) is 0.519. The Morgan fingerprint density at radius 2 is 2.00 bits per heavy atom. The fourth-order valence-electron chi connectivity index (χ4n) is 2.85. The maximum atomic E-state index is 12.7. The first-order valence-corrected chi connectivity index (χ1v) is 10.9. The lowest BCUT2D eigenvalue weighted by molar-refractivity contribution is -0.134. The van der Waals surface area contributed by atoms with Gasteiger partial charge < -0.3 is 14.6 Å². The van der Waals surface area contributed by atoms with Gasteiger partial charge in [-0.05, 0) is 43.8 Å². The summed E-state index contributed by atoms with van der Waals surface area (Å²) in [6.07, 6.45) is 0.863. The van der Waals surface area contributed by atoms with Gasteiger partial charge in [-0.15, -0.1) is 21.5 Å². The van der Waals surface area contributed by atoms with Crippen LogP contribution in [0.4, 0.5) is 0 Å². The van der Waals surface area contributed by atoms with Gasteiger partial charge in [0.2, 0.25) is 17.7 Å². The quantitative estimate of drug-likeness (QED) is 0.492. The zero-order valence-electron chi connectivity index (χ0n) is 16.8. The number of amides is 2. The molecule has 0 aliphatic carbocycles. The molecule has 0 atom stereocenters. The molecule has 7 nitrogen and oxygen atoms in total. The van der Waals surface area contributed by atoms with Gasteiger partial charge in [-0.25, -0.2) is 0 Å². The van der Waals surface area contributed by atoms with E-state index < -0.39 is 0 Å². The van der Waals surface area contributed by atoms with Crippen LogP contribution in [0, 0.1) is 0 Å². The van der Waals surface area contributed by atoms with Gasteiger partial charge in [-0.2, -0.15) is 0 Å². The summed E-state index contributed by atoms with van der Waals surface area (Å²) in [7, 11) is 0. The van der Waals surface area contributed by atoms with Gasteiger partial charge in [0.25, 0.3) is 5.91 Å². The number of nitrogens with one attached hydrogen (secondary N) is 1. The van der Waals surface area contributed by atoms with E-state index in [0.29, 0.717) is 46.6 Å². The lowest BCUT2D eigenvalue weighted by atomic mass is 10.2. The molecule has 2 aromatic heterocycles. The first-order valence-electron chi connectivity index (χ1n) is 9.64. The van der Waals surface area contributed by atoms with Crippen molar-refractivity contribution < 1.29 is 14.0 Å². The first-order chi connectivity index (χ1) is 14.5. The molecule has 2 heterocycles. The summed E-state index contributed by atoms with van der Waals surface area (Å²) in [4.78, 5) is 27.0. The molecule has 0 aliphatic rings. The van der Waals surface area contributed by atoms with Crippen LogP contribution in [-0.2, 0) is 11.3 Å². The number of rotatable bonds is 9. The highest BCUT2D eigenvalue weighted by molar-refractivity contribution is 7.12. The molecule has 0 saturated heterocycles. The third-order valence-corrected chi connectivity index (χ3v) is 5.62. The Labute approximate surface area is 184 Å². The molecule has 1 N–H and O–H groups in total. The summed E-state index contributed by atoms with van der Waals surface area (Å²) in [5.41, 5.74) is 0.654. The van der Waals surface area contributed by atoms with Crippen molar-refractivity contribution in [1.29, 1.82) is 0 Å². The average molecular weight is 447 g/mol. The van der Waals surface area contributed by atoms with E-state index in [-0.39, 0.29) is 24.4 Å². The number of nitrogens with zero attached hydrogens (tertiary/aromatic N) is 3. The highest BCUT2D eigenvalue weighted by Gasteiger charge is 2.21. The van der Waals surface area contributed by atoms with Crippen LogP contribution in [0.1, 0.15) is 42.3 Å². The van der Waals surface area contributed by atoms with Crippen LogP contribution < -0.4 is 5.32 Å². The molecule has 0 saturated carbocycles. The van der Waals surface area contributed by atoms with Gasteiger partial charge in [-0.1, -0.05) is 29.8 Å². The topological polar surface area (TPSA) is 88.3 Å². The van der Waals surface area contributed by atoms with E-state index in [1.54, 1.807) is 23.1 Å². The second-order valence-corrected chi connectivity index (χ2v) is 8.29. The van der Waals surface area contributed by atoms with Crippen LogP contribution in [-0.4, -0.2) is 39.5 Å². The van der Waals surface area contributed by atoms with Crippen molar-refractivity contribution in [1.82, 2.24) is 20.4 Å². The molecule has 0 unspecified atom stereocenters. The van der Waals surface area contributed by atoms with Gasteiger partial charge in [-0.3, -0.25) is 9.59 Å². The fraction of sp³-hybridized carbons (Fsp3) is 0.333. The van der Waals surface area contributed by atoms with Crippen molar-refractivity contribution in [3.05, 3.63) is 57.6 Å². The Morgan fingerprint density at radius 3 is 2.70 bits per heavy atom. The van der Waals surface area contributed by atoms with Gasteiger partial charge in [0.05, 0.1) is 22.0 Å². The molecule has 3 rings (SSSR count). The van der Waals surface area contributed by atoms with Crippen molar-refractivity contribution in [3.8, 4) is 11.5 Å². The summed E-state index contributed by atoms with van der Waals surface area (Å²) in [6.45, 7) is 4.52. The van der Waals surface area contributed by atoms with Gasteiger partial charge in [0.15, 0.2) is 0 Å². The van der Waals surface area contributed by atoms with Crippen LogP contribution in [0.25, 0.3) is 11.5 Å². The number of benzene rings is 1. The highest BCUT2D eigenvalue weighted by atomic mass is 35.5. The van der Waals surface area contributed by atoms with E-state index in [1.165, 1.54) is 11.3 Å². The number of aromatic nitrogens is 2. The number of halogens is 1. The van der Waals surface area contributed by atoms with Gasteiger partial charge in [0.1, 0.15) is 0 Å². The van der Waals surface area contributed by atoms with Crippen LogP contribution in [0.2, 0.25) is 5.02 Å². The maximum Gasteiger partial charge on any atom is 0.261 e. The Bertz CT molecular complexity index is 988. The summed E-state index contributed by atoms with van der Waals surface area (Å²) < 4.78 is 5.72. The Balaban J connectivity index is 1.53. The van der Waals surface area contributed by atoms with Crippen LogP contribution in [0.3, 0.4) is 0 Å². The largest absolute Gasteiger partial charge is 0.419 e. The second-order valence-electron chi connectivity index (χ2n) is 6.93. The molecule has 0 fully saturated rings. The van der Waals surface area contributed by atoms with Crippen molar-refractivity contribution in [2.24, 2.45) is 0 Å².